The normalized spacial score (nSPS) is 13.5. The predicted molar refractivity (Wildman–Crippen MR) is 165 cm³/mol. The van der Waals surface area contributed by atoms with Gasteiger partial charge in [-0.05, 0) is 56.2 Å². The van der Waals surface area contributed by atoms with E-state index in [0.29, 0.717) is 12.8 Å². The Morgan fingerprint density at radius 1 is 0.956 bits per heavy atom. The molecule has 0 aliphatic carbocycles. The van der Waals surface area contributed by atoms with Crippen molar-refractivity contribution in [3.63, 3.8) is 0 Å². The Hall–Kier alpha value is -4.53. The van der Waals surface area contributed by atoms with Crippen LogP contribution in [-0.2, 0) is 20.8 Å². The van der Waals surface area contributed by atoms with Crippen LogP contribution in [0.1, 0.15) is 64.0 Å². The number of aromatic nitrogens is 2. The zero-order chi connectivity index (χ0) is 34.1. The summed E-state index contributed by atoms with van der Waals surface area (Å²) < 4.78 is 19.2. The smallest absolute Gasteiger partial charge is 0.326 e. The summed E-state index contributed by atoms with van der Waals surface area (Å²) in [5.74, 6) is -4.12. The molecule has 0 radical (unpaired) electrons. The standard InChI is InChI=1S/C30H44FN7O7/c1-15(2)12-20(25(40)38-30(5,6)13-17-8-10-18(45-7)11-9-17)34-28(43)22(16(3)4)35-24(39)19(32)14-33-27(42)23-21(31)26(41)37-29(44)36-23/h8-11,15-16,19-20,22H,12-14,32H2,1-7H3,(H,33,42)(H,34,43)(H,35,39)(H,38,40)(H2,36,37,41,44)/t19-,20-,22-/m0/s1. The molecule has 0 fully saturated rings. The molecular formula is C30H44FN7O7. The number of benzene rings is 1. The number of carbonyl (C=O) groups is 4. The van der Waals surface area contributed by atoms with E-state index in [9.17, 15) is 33.2 Å². The molecular weight excluding hydrogens is 589 g/mol. The van der Waals surface area contributed by atoms with Crippen LogP contribution in [-0.4, -0.2) is 70.9 Å². The van der Waals surface area contributed by atoms with E-state index in [4.69, 9.17) is 10.5 Å². The number of halogens is 1. The highest BCUT2D eigenvalue weighted by Crippen LogP contribution is 2.18. The Balaban J connectivity index is 2.06. The van der Waals surface area contributed by atoms with Gasteiger partial charge < -0.3 is 36.7 Å². The summed E-state index contributed by atoms with van der Waals surface area (Å²) in [6, 6.07) is 4.13. The van der Waals surface area contributed by atoms with E-state index < -0.39 is 76.6 Å². The van der Waals surface area contributed by atoms with Crippen LogP contribution in [0.25, 0.3) is 0 Å². The second-order valence-electron chi connectivity index (χ2n) is 12.2. The lowest BCUT2D eigenvalue weighted by molar-refractivity contribution is -0.134. The third kappa shape index (κ3) is 11.2. The number of rotatable bonds is 15. The van der Waals surface area contributed by atoms with Gasteiger partial charge in [-0.15, -0.1) is 0 Å². The summed E-state index contributed by atoms with van der Waals surface area (Å²) in [4.78, 5) is 78.2. The lowest BCUT2D eigenvalue weighted by Crippen LogP contribution is -2.60. The predicted octanol–water partition coefficient (Wildman–Crippen LogP) is 0.0772. The molecule has 0 saturated carbocycles. The molecule has 14 nitrogen and oxygen atoms in total. The number of nitrogens with one attached hydrogen (secondary N) is 6. The van der Waals surface area contributed by atoms with Gasteiger partial charge in [-0.25, -0.2) is 4.79 Å². The molecule has 0 aliphatic heterocycles. The van der Waals surface area contributed by atoms with Gasteiger partial charge in [-0.1, -0.05) is 39.8 Å². The van der Waals surface area contributed by atoms with Gasteiger partial charge >= 0.3 is 5.69 Å². The van der Waals surface area contributed by atoms with Gasteiger partial charge in [0.25, 0.3) is 11.5 Å². The van der Waals surface area contributed by atoms with E-state index >= 15 is 0 Å². The van der Waals surface area contributed by atoms with E-state index in [1.165, 1.54) is 0 Å². The molecule has 1 aromatic carbocycles. The van der Waals surface area contributed by atoms with Crippen LogP contribution in [0.4, 0.5) is 4.39 Å². The zero-order valence-electron chi connectivity index (χ0n) is 26.6. The Labute approximate surface area is 260 Å². The first-order valence-corrected chi connectivity index (χ1v) is 14.6. The minimum atomic E-state index is -1.51. The van der Waals surface area contributed by atoms with Crippen molar-refractivity contribution in [1.82, 2.24) is 31.2 Å². The number of carbonyl (C=O) groups excluding carboxylic acids is 4. The van der Waals surface area contributed by atoms with Crippen LogP contribution in [0.15, 0.2) is 33.9 Å². The van der Waals surface area contributed by atoms with Crippen molar-refractivity contribution < 1.29 is 28.3 Å². The molecule has 248 valence electrons. The van der Waals surface area contributed by atoms with E-state index in [2.05, 4.69) is 21.3 Å². The number of H-pyrrole nitrogens is 2. The highest BCUT2D eigenvalue weighted by Gasteiger charge is 2.32. The van der Waals surface area contributed by atoms with Crippen LogP contribution < -0.4 is 43.0 Å². The summed E-state index contributed by atoms with van der Waals surface area (Å²) in [5.41, 5.74) is 2.82. The fourth-order valence-corrected chi connectivity index (χ4v) is 4.49. The van der Waals surface area contributed by atoms with E-state index in [1.807, 2.05) is 56.9 Å². The number of amides is 4. The Kier molecular flexibility index (Phi) is 13.0. The lowest BCUT2D eigenvalue weighted by Gasteiger charge is -2.31. The minimum Gasteiger partial charge on any atom is -0.497 e. The molecule has 3 atom stereocenters. The molecule has 15 heteroatoms. The van der Waals surface area contributed by atoms with Crippen molar-refractivity contribution in [2.75, 3.05) is 13.7 Å². The number of hydrogen-bond acceptors (Lipinski definition) is 8. The van der Waals surface area contributed by atoms with Crippen molar-refractivity contribution in [2.45, 2.75) is 78.0 Å². The van der Waals surface area contributed by atoms with Gasteiger partial charge in [-0.3, -0.25) is 29.0 Å². The van der Waals surface area contributed by atoms with Gasteiger partial charge in [0.2, 0.25) is 23.5 Å². The highest BCUT2D eigenvalue weighted by atomic mass is 19.1. The topological polar surface area (TPSA) is 217 Å². The van der Waals surface area contributed by atoms with Crippen LogP contribution in [0.5, 0.6) is 5.75 Å². The molecule has 0 spiro atoms. The van der Waals surface area contributed by atoms with Crippen LogP contribution in [0.2, 0.25) is 0 Å². The molecule has 1 aromatic heterocycles. The zero-order valence-corrected chi connectivity index (χ0v) is 26.6. The molecule has 4 amide bonds. The molecule has 1 heterocycles. The molecule has 0 bridgehead atoms. The van der Waals surface area contributed by atoms with Crippen molar-refractivity contribution in [3.8, 4) is 5.75 Å². The molecule has 0 aliphatic rings. The fourth-order valence-electron chi connectivity index (χ4n) is 4.49. The highest BCUT2D eigenvalue weighted by molar-refractivity contribution is 5.95. The molecule has 0 saturated heterocycles. The Bertz CT molecular complexity index is 1470. The van der Waals surface area contributed by atoms with Crippen molar-refractivity contribution in [2.24, 2.45) is 17.6 Å². The van der Waals surface area contributed by atoms with Gasteiger partial charge in [0, 0.05) is 12.1 Å². The minimum absolute atomic E-state index is 0.0508. The van der Waals surface area contributed by atoms with Gasteiger partial charge in [0.15, 0.2) is 0 Å². The molecule has 2 rings (SSSR count). The number of ether oxygens (including phenoxy) is 1. The van der Waals surface area contributed by atoms with Gasteiger partial charge in [-0.2, -0.15) is 4.39 Å². The summed E-state index contributed by atoms with van der Waals surface area (Å²) in [6.07, 6.45) is 0.856. The monoisotopic (exact) mass is 633 g/mol. The Morgan fingerprint density at radius 3 is 2.13 bits per heavy atom. The molecule has 8 N–H and O–H groups in total. The SMILES string of the molecule is COc1ccc(CC(C)(C)NC(=O)[C@H](CC(C)C)NC(=O)[C@@H](NC(=O)[C@@H](N)CNC(=O)c2[nH]c(=O)[nH]c(=O)c2F)C(C)C)cc1. The summed E-state index contributed by atoms with van der Waals surface area (Å²) >= 11 is 0. The summed E-state index contributed by atoms with van der Waals surface area (Å²) in [6.45, 7) is 10.5. The van der Waals surface area contributed by atoms with E-state index in [-0.39, 0.29) is 11.8 Å². The third-order valence-electron chi connectivity index (χ3n) is 6.78. The van der Waals surface area contributed by atoms with E-state index in [1.54, 1.807) is 25.9 Å². The van der Waals surface area contributed by atoms with Crippen molar-refractivity contribution in [3.05, 3.63) is 62.2 Å². The maximum Gasteiger partial charge on any atom is 0.326 e. The molecule has 45 heavy (non-hydrogen) atoms. The number of hydrogen-bond donors (Lipinski definition) is 7. The second kappa shape index (κ2) is 16.0. The van der Waals surface area contributed by atoms with Gasteiger partial charge in [0.1, 0.15) is 29.6 Å². The van der Waals surface area contributed by atoms with Gasteiger partial charge in [0.05, 0.1) is 7.11 Å². The lowest BCUT2D eigenvalue weighted by atomic mass is 9.93. The third-order valence-corrected chi connectivity index (χ3v) is 6.78. The summed E-state index contributed by atoms with van der Waals surface area (Å²) in [7, 11) is 1.58. The average molecular weight is 634 g/mol. The first-order chi connectivity index (χ1) is 20.9. The van der Waals surface area contributed by atoms with Crippen LogP contribution in [0, 0.1) is 17.7 Å². The fraction of sp³-hybridized carbons (Fsp3) is 0.533. The maximum absolute atomic E-state index is 14.0. The maximum atomic E-state index is 14.0. The number of aromatic amines is 2. The Morgan fingerprint density at radius 2 is 1.58 bits per heavy atom. The first kappa shape index (κ1) is 36.7. The number of methoxy groups -OCH3 is 1. The largest absolute Gasteiger partial charge is 0.497 e. The molecule has 0 unspecified atom stereocenters. The van der Waals surface area contributed by atoms with Crippen molar-refractivity contribution in [1.29, 1.82) is 0 Å². The first-order valence-electron chi connectivity index (χ1n) is 14.6. The number of nitrogens with two attached hydrogens (primary N) is 1. The van der Waals surface area contributed by atoms with E-state index in [0.717, 1.165) is 11.3 Å². The molecule has 2 aromatic rings. The second-order valence-corrected chi connectivity index (χ2v) is 12.2. The average Bonchev–Trinajstić information content (AvgIpc) is 2.95. The quantitative estimate of drug-likeness (QED) is 0.142. The van der Waals surface area contributed by atoms with Crippen LogP contribution in [0.3, 0.4) is 0 Å². The van der Waals surface area contributed by atoms with Crippen molar-refractivity contribution >= 4 is 23.6 Å². The van der Waals surface area contributed by atoms with Crippen LogP contribution >= 0.6 is 0 Å². The summed E-state index contributed by atoms with van der Waals surface area (Å²) in [5, 5.41) is 10.5.